The van der Waals surface area contributed by atoms with Crippen LogP contribution >= 0.6 is 0 Å². The zero-order chi connectivity index (χ0) is 10.7. The molecule has 2 aromatic rings. The van der Waals surface area contributed by atoms with E-state index < -0.39 is 0 Å². The molecular weight excluding hydrogens is 192 g/mol. The van der Waals surface area contributed by atoms with Crippen molar-refractivity contribution >= 4 is 0 Å². The van der Waals surface area contributed by atoms with Crippen LogP contribution in [0.5, 0.6) is 11.5 Å². The van der Waals surface area contributed by atoms with Crippen LogP contribution in [-0.4, -0.2) is 22.2 Å². The zero-order valence-electron chi connectivity index (χ0n) is 8.21. The maximum absolute atomic E-state index is 9.60. The third-order valence-corrected chi connectivity index (χ3v) is 2.01. The van der Waals surface area contributed by atoms with Gasteiger partial charge in [0.1, 0.15) is 17.2 Å². The van der Waals surface area contributed by atoms with E-state index in [0.29, 0.717) is 11.4 Å². The minimum absolute atomic E-state index is 0.132. The highest BCUT2D eigenvalue weighted by atomic mass is 16.5. The van der Waals surface area contributed by atoms with E-state index in [2.05, 4.69) is 9.97 Å². The van der Waals surface area contributed by atoms with Crippen LogP contribution in [0.15, 0.2) is 36.8 Å². The van der Waals surface area contributed by atoms with Gasteiger partial charge in [-0.3, -0.25) is 9.97 Å². The molecule has 0 unspecified atom stereocenters. The molecule has 0 spiro atoms. The summed E-state index contributed by atoms with van der Waals surface area (Å²) in [7, 11) is 1.57. The number of pyridine rings is 2. The van der Waals surface area contributed by atoms with Crippen LogP contribution in [0.25, 0.3) is 11.3 Å². The van der Waals surface area contributed by atoms with Crippen LogP contribution in [0.1, 0.15) is 0 Å². The number of hydrogen-bond donors (Lipinski definition) is 1. The molecule has 0 radical (unpaired) electrons. The SMILES string of the molecule is COc1cncc(-c2ncccc2O)c1. The first-order valence-corrected chi connectivity index (χ1v) is 4.44. The topological polar surface area (TPSA) is 55.2 Å². The molecule has 0 aliphatic rings. The molecule has 0 bridgehead atoms. The van der Waals surface area contributed by atoms with Crippen molar-refractivity contribution in [2.75, 3.05) is 7.11 Å². The molecule has 0 fully saturated rings. The highest BCUT2D eigenvalue weighted by molar-refractivity contribution is 5.65. The molecule has 0 atom stereocenters. The standard InChI is InChI=1S/C11H10N2O2/c1-15-9-5-8(6-12-7-9)11-10(14)3-2-4-13-11/h2-7,14H,1H3. The first-order chi connectivity index (χ1) is 7.31. The van der Waals surface area contributed by atoms with Gasteiger partial charge in [-0.25, -0.2) is 0 Å². The Morgan fingerprint density at radius 3 is 2.93 bits per heavy atom. The average molecular weight is 202 g/mol. The summed E-state index contributed by atoms with van der Waals surface area (Å²) in [6, 6.07) is 5.03. The summed E-state index contributed by atoms with van der Waals surface area (Å²) in [4.78, 5) is 8.08. The van der Waals surface area contributed by atoms with Crippen molar-refractivity contribution in [2.45, 2.75) is 0 Å². The van der Waals surface area contributed by atoms with E-state index in [-0.39, 0.29) is 5.75 Å². The van der Waals surface area contributed by atoms with E-state index in [4.69, 9.17) is 4.74 Å². The van der Waals surface area contributed by atoms with Crippen molar-refractivity contribution in [2.24, 2.45) is 0 Å². The normalized spacial score (nSPS) is 9.93. The van der Waals surface area contributed by atoms with Gasteiger partial charge in [0.15, 0.2) is 0 Å². The van der Waals surface area contributed by atoms with E-state index in [1.807, 2.05) is 0 Å². The summed E-state index contributed by atoms with van der Waals surface area (Å²) in [5.74, 6) is 0.769. The maximum atomic E-state index is 9.60. The summed E-state index contributed by atoms with van der Waals surface area (Å²) in [5.41, 5.74) is 1.23. The number of methoxy groups -OCH3 is 1. The van der Waals surface area contributed by atoms with E-state index in [1.54, 1.807) is 43.9 Å². The minimum atomic E-state index is 0.132. The lowest BCUT2D eigenvalue weighted by Gasteiger charge is -2.04. The molecule has 0 saturated carbocycles. The van der Waals surface area contributed by atoms with E-state index in [0.717, 1.165) is 5.56 Å². The number of aromatic nitrogens is 2. The van der Waals surface area contributed by atoms with Gasteiger partial charge in [0.05, 0.1) is 13.3 Å². The van der Waals surface area contributed by atoms with Crippen molar-refractivity contribution < 1.29 is 9.84 Å². The molecule has 1 N–H and O–H groups in total. The lowest BCUT2D eigenvalue weighted by atomic mass is 10.2. The summed E-state index contributed by atoms with van der Waals surface area (Å²) in [6.07, 6.45) is 4.85. The lowest BCUT2D eigenvalue weighted by molar-refractivity contribution is 0.413. The molecule has 2 heterocycles. The molecule has 76 valence electrons. The maximum Gasteiger partial charge on any atom is 0.141 e. The third kappa shape index (κ3) is 1.88. The summed E-state index contributed by atoms with van der Waals surface area (Å²) in [6.45, 7) is 0. The molecule has 4 nitrogen and oxygen atoms in total. The Labute approximate surface area is 87.2 Å². The van der Waals surface area contributed by atoms with Gasteiger partial charge in [-0.2, -0.15) is 0 Å². The minimum Gasteiger partial charge on any atom is -0.506 e. The monoisotopic (exact) mass is 202 g/mol. The van der Waals surface area contributed by atoms with Crippen LogP contribution < -0.4 is 4.74 Å². The van der Waals surface area contributed by atoms with Gasteiger partial charge in [0.25, 0.3) is 0 Å². The second-order valence-electron chi connectivity index (χ2n) is 2.98. The van der Waals surface area contributed by atoms with Gasteiger partial charge < -0.3 is 9.84 Å². The van der Waals surface area contributed by atoms with E-state index in [1.165, 1.54) is 0 Å². The van der Waals surface area contributed by atoms with Crippen molar-refractivity contribution in [1.29, 1.82) is 0 Å². The highest BCUT2D eigenvalue weighted by Crippen LogP contribution is 2.27. The van der Waals surface area contributed by atoms with Gasteiger partial charge >= 0.3 is 0 Å². The Morgan fingerprint density at radius 2 is 2.20 bits per heavy atom. The van der Waals surface area contributed by atoms with Crippen LogP contribution in [0.2, 0.25) is 0 Å². The Balaban J connectivity index is 2.49. The summed E-state index contributed by atoms with van der Waals surface area (Å²) >= 11 is 0. The fraction of sp³-hybridized carbons (Fsp3) is 0.0909. The first kappa shape index (κ1) is 9.45. The third-order valence-electron chi connectivity index (χ3n) is 2.01. The Morgan fingerprint density at radius 1 is 1.33 bits per heavy atom. The van der Waals surface area contributed by atoms with Crippen molar-refractivity contribution in [3.8, 4) is 22.8 Å². The molecule has 0 aliphatic carbocycles. The average Bonchev–Trinajstić information content (AvgIpc) is 2.30. The fourth-order valence-corrected chi connectivity index (χ4v) is 1.28. The molecule has 2 aromatic heterocycles. The van der Waals surface area contributed by atoms with Gasteiger partial charge in [-0.15, -0.1) is 0 Å². The predicted octanol–water partition coefficient (Wildman–Crippen LogP) is 1.86. The van der Waals surface area contributed by atoms with Crippen LogP contribution in [0, 0.1) is 0 Å². The molecule has 2 rings (SSSR count). The first-order valence-electron chi connectivity index (χ1n) is 4.44. The highest BCUT2D eigenvalue weighted by Gasteiger charge is 2.05. The molecule has 4 heteroatoms. The molecule has 0 saturated heterocycles. The largest absolute Gasteiger partial charge is 0.506 e. The van der Waals surface area contributed by atoms with Gasteiger partial charge in [0.2, 0.25) is 0 Å². The number of hydrogen-bond acceptors (Lipinski definition) is 4. The molecular formula is C11H10N2O2. The van der Waals surface area contributed by atoms with E-state index >= 15 is 0 Å². The zero-order valence-corrected chi connectivity index (χ0v) is 8.21. The van der Waals surface area contributed by atoms with Gasteiger partial charge in [-0.1, -0.05) is 0 Å². The molecule has 0 aliphatic heterocycles. The lowest BCUT2D eigenvalue weighted by Crippen LogP contribution is -1.88. The Bertz CT molecular complexity index is 472. The van der Waals surface area contributed by atoms with Crippen LogP contribution in [0.3, 0.4) is 0 Å². The second kappa shape index (κ2) is 3.96. The number of rotatable bonds is 2. The van der Waals surface area contributed by atoms with E-state index in [9.17, 15) is 5.11 Å². The summed E-state index contributed by atoms with van der Waals surface area (Å²) < 4.78 is 5.04. The van der Waals surface area contributed by atoms with Crippen molar-refractivity contribution in [1.82, 2.24) is 9.97 Å². The quantitative estimate of drug-likeness (QED) is 0.807. The molecule has 0 amide bonds. The van der Waals surface area contributed by atoms with Crippen LogP contribution in [0.4, 0.5) is 0 Å². The van der Waals surface area contributed by atoms with Crippen LogP contribution in [-0.2, 0) is 0 Å². The number of ether oxygens (including phenoxy) is 1. The van der Waals surface area contributed by atoms with Gasteiger partial charge in [-0.05, 0) is 18.2 Å². The Kier molecular flexibility index (Phi) is 2.49. The number of nitrogens with zero attached hydrogens (tertiary/aromatic N) is 2. The fourth-order valence-electron chi connectivity index (χ4n) is 1.28. The molecule has 0 aromatic carbocycles. The van der Waals surface area contributed by atoms with Crippen molar-refractivity contribution in [3.05, 3.63) is 36.8 Å². The number of aromatic hydroxyl groups is 1. The van der Waals surface area contributed by atoms with Crippen molar-refractivity contribution in [3.63, 3.8) is 0 Å². The predicted molar refractivity (Wildman–Crippen MR) is 55.7 cm³/mol. The Hall–Kier alpha value is -2.10. The smallest absolute Gasteiger partial charge is 0.141 e. The summed E-state index contributed by atoms with van der Waals surface area (Å²) in [5, 5.41) is 9.60. The van der Waals surface area contributed by atoms with Gasteiger partial charge in [0, 0.05) is 18.0 Å². The second-order valence-corrected chi connectivity index (χ2v) is 2.98. The molecule has 15 heavy (non-hydrogen) atoms.